The van der Waals surface area contributed by atoms with Gasteiger partial charge in [0.2, 0.25) is 0 Å². The molecule has 2 rings (SSSR count). The Morgan fingerprint density at radius 3 is 2.57 bits per heavy atom. The number of hydrogen-bond donors (Lipinski definition) is 3. The molecule has 112 valence electrons. The van der Waals surface area contributed by atoms with Gasteiger partial charge in [0.05, 0.1) is 11.3 Å². The Labute approximate surface area is 128 Å². The Kier molecular flexibility index (Phi) is 4.08. The first kappa shape index (κ1) is 15.5. The Morgan fingerprint density at radius 1 is 1.38 bits per heavy atom. The van der Waals surface area contributed by atoms with Crippen molar-refractivity contribution in [1.82, 2.24) is 4.98 Å². The number of hydrogen-bond acceptors (Lipinski definition) is 5. The fourth-order valence-corrected chi connectivity index (χ4v) is 4.20. The van der Waals surface area contributed by atoms with Crippen LogP contribution in [0.15, 0.2) is 27.2 Å². The predicted molar refractivity (Wildman–Crippen MR) is 78.9 cm³/mol. The molecule has 0 spiro atoms. The molecule has 0 aliphatic carbocycles. The standard InChI is InChI=1S/C11H9ClN2O5S2/c1-5-10(20-11(17)13-5)21(18,19)14-8-3-6(9(15)16)2-7(12)4-8/h2-4,14H,1H3,(H,13,17)(H,15,16). The van der Waals surface area contributed by atoms with Crippen molar-refractivity contribution in [3.05, 3.63) is 44.1 Å². The van der Waals surface area contributed by atoms with Crippen molar-refractivity contribution in [2.75, 3.05) is 4.72 Å². The van der Waals surface area contributed by atoms with Crippen LogP contribution in [-0.4, -0.2) is 24.5 Å². The SMILES string of the molecule is Cc1[nH]c(=O)sc1S(=O)(=O)Nc1cc(Cl)cc(C(=O)O)c1. The Morgan fingerprint density at radius 2 is 2.05 bits per heavy atom. The van der Waals surface area contributed by atoms with E-state index in [-0.39, 0.29) is 26.2 Å². The zero-order chi connectivity index (χ0) is 15.8. The second-order valence-corrected chi connectivity index (χ2v) is 7.36. The molecule has 0 saturated carbocycles. The van der Waals surface area contributed by atoms with Gasteiger partial charge in [-0.15, -0.1) is 0 Å². The van der Waals surface area contributed by atoms with Crippen molar-refractivity contribution >= 4 is 44.6 Å². The molecular weight excluding hydrogens is 340 g/mol. The fourth-order valence-electron chi connectivity index (χ4n) is 1.62. The van der Waals surface area contributed by atoms with E-state index in [1.165, 1.54) is 19.1 Å². The summed E-state index contributed by atoms with van der Waals surface area (Å²) in [5, 5.41) is 8.99. The number of nitrogens with one attached hydrogen (secondary N) is 2. The highest BCUT2D eigenvalue weighted by atomic mass is 35.5. The molecule has 0 fully saturated rings. The number of anilines is 1. The summed E-state index contributed by atoms with van der Waals surface area (Å²) in [6.45, 7) is 1.45. The summed E-state index contributed by atoms with van der Waals surface area (Å²) in [6.07, 6.45) is 0. The van der Waals surface area contributed by atoms with E-state index in [9.17, 15) is 18.0 Å². The number of sulfonamides is 1. The monoisotopic (exact) mass is 348 g/mol. The van der Waals surface area contributed by atoms with E-state index in [0.717, 1.165) is 6.07 Å². The van der Waals surface area contributed by atoms with Gasteiger partial charge in [-0.05, 0) is 25.1 Å². The molecule has 0 amide bonds. The van der Waals surface area contributed by atoms with Crippen LogP contribution in [0.2, 0.25) is 5.02 Å². The third kappa shape index (κ3) is 3.43. The van der Waals surface area contributed by atoms with Gasteiger partial charge in [-0.25, -0.2) is 13.2 Å². The van der Waals surface area contributed by atoms with Gasteiger partial charge in [0.25, 0.3) is 10.0 Å². The number of carboxylic acid groups (broad SMARTS) is 1. The first-order valence-electron chi connectivity index (χ1n) is 5.45. The molecule has 0 unspecified atom stereocenters. The maximum atomic E-state index is 12.2. The maximum absolute atomic E-state index is 12.2. The molecule has 0 aliphatic rings. The molecule has 0 atom stereocenters. The maximum Gasteiger partial charge on any atom is 0.335 e. The average molecular weight is 349 g/mol. The predicted octanol–water partition coefficient (Wildman–Crippen LogP) is 1.90. The third-order valence-corrected chi connectivity index (χ3v) is 5.63. The number of aromatic carboxylic acids is 1. The average Bonchev–Trinajstić information content (AvgIpc) is 2.67. The van der Waals surface area contributed by atoms with Crippen molar-refractivity contribution in [2.45, 2.75) is 11.1 Å². The highest BCUT2D eigenvalue weighted by Crippen LogP contribution is 2.24. The van der Waals surface area contributed by atoms with Gasteiger partial charge in [0.15, 0.2) is 4.21 Å². The number of aryl methyl sites for hydroxylation is 1. The quantitative estimate of drug-likeness (QED) is 0.780. The van der Waals surface area contributed by atoms with Crippen molar-refractivity contribution in [2.24, 2.45) is 0 Å². The van der Waals surface area contributed by atoms with Crippen LogP contribution in [0.1, 0.15) is 16.1 Å². The number of rotatable bonds is 4. The Hall–Kier alpha value is -1.84. The van der Waals surface area contributed by atoms with E-state index in [0.29, 0.717) is 11.3 Å². The highest BCUT2D eigenvalue weighted by molar-refractivity contribution is 7.94. The second-order valence-electron chi connectivity index (χ2n) is 4.07. The molecule has 0 bridgehead atoms. The normalized spacial score (nSPS) is 11.3. The number of H-pyrrole nitrogens is 1. The van der Waals surface area contributed by atoms with Crippen LogP contribution < -0.4 is 9.60 Å². The van der Waals surface area contributed by atoms with Crippen LogP contribution >= 0.6 is 22.9 Å². The summed E-state index contributed by atoms with van der Waals surface area (Å²) < 4.78 is 26.4. The van der Waals surface area contributed by atoms with Gasteiger partial charge in [0, 0.05) is 10.7 Å². The summed E-state index contributed by atoms with van der Waals surface area (Å²) >= 11 is 6.30. The molecular formula is C11H9ClN2O5S2. The van der Waals surface area contributed by atoms with Crippen molar-refractivity contribution < 1.29 is 18.3 Å². The molecule has 0 aliphatic heterocycles. The Balaban J connectivity index is 2.44. The van der Waals surface area contributed by atoms with Crippen molar-refractivity contribution in [1.29, 1.82) is 0 Å². The van der Waals surface area contributed by atoms with Gasteiger partial charge in [-0.3, -0.25) is 9.52 Å². The van der Waals surface area contributed by atoms with Gasteiger partial charge < -0.3 is 10.1 Å². The van der Waals surface area contributed by atoms with Crippen LogP contribution in [0.5, 0.6) is 0 Å². The number of thiazole rings is 1. The van der Waals surface area contributed by atoms with Gasteiger partial charge in [-0.2, -0.15) is 0 Å². The lowest BCUT2D eigenvalue weighted by atomic mass is 10.2. The summed E-state index contributed by atoms with van der Waals surface area (Å²) in [6, 6.07) is 3.61. The van der Waals surface area contributed by atoms with Crippen LogP contribution in [-0.2, 0) is 10.0 Å². The lowest BCUT2D eigenvalue weighted by Gasteiger charge is -2.08. The number of carboxylic acids is 1. The Bertz CT molecular complexity index is 869. The molecule has 0 radical (unpaired) electrons. The third-order valence-electron chi connectivity index (χ3n) is 2.42. The summed E-state index contributed by atoms with van der Waals surface area (Å²) in [5.74, 6) is -1.24. The molecule has 2 aromatic rings. The molecule has 7 nitrogen and oxygen atoms in total. The first-order chi connectivity index (χ1) is 9.69. The number of halogens is 1. The lowest BCUT2D eigenvalue weighted by molar-refractivity contribution is 0.0697. The summed E-state index contributed by atoms with van der Waals surface area (Å²) in [4.78, 5) is 24.0. The number of aromatic nitrogens is 1. The summed E-state index contributed by atoms with van der Waals surface area (Å²) in [7, 11) is -4.00. The zero-order valence-electron chi connectivity index (χ0n) is 10.5. The van der Waals surface area contributed by atoms with Crippen molar-refractivity contribution in [3.63, 3.8) is 0 Å². The molecule has 3 N–H and O–H groups in total. The van der Waals surface area contributed by atoms with E-state index >= 15 is 0 Å². The minimum absolute atomic E-state index is 0.000138. The molecule has 0 saturated heterocycles. The number of benzene rings is 1. The van der Waals surface area contributed by atoms with Crippen LogP contribution in [0.4, 0.5) is 5.69 Å². The second kappa shape index (κ2) is 5.51. The fraction of sp³-hybridized carbons (Fsp3) is 0.0909. The summed E-state index contributed by atoms with van der Waals surface area (Å²) in [5.41, 5.74) is 0.0531. The van der Waals surface area contributed by atoms with E-state index in [4.69, 9.17) is 16.7 Å². The molecule has 1 aromatic carbocycles. The smallest absolute Gasteiger partial charge is 0.335 e. The minimum Gasteiger partial charge on any atom is -0.478 e. The van der Waals surface area contributed by atoms with Crippen LogP contribution in [0, 0.1) is 6.92 Å². The first-order valence-corrected chi connectivity index (χ1v) is 8.13. The topological polar surface area (TPSA) is 116 Å². The van der Waals surface area contributed by atoms with Crippen molar-refractivity contribution in [3.8, 4) is 0 Å². The highest BCUT2D eigenvalue weighted by Gasteiger charge is 2.21. The van der Waals surface area contributed by atoms with Crippen LogP contribution in [0.3, 0.4) is 0 Å². The molecule has 1 aromatic heterocycles. The van der Waals surface area contributed by atoms with Gasteiger partial charge in [0.1, 0.15) is 0 Å². The van der Waals surface area contributed by atoms with Crippen LogP contribution in [0.25, 0.3) is 0 Å². The van der Waals surface area contributed by atoms with E-state index in [2.05, 4.69) is 9.71 Å². The number of aromatic amines is 1. The number of carbonyl (C=O) groups is 1. The van der Waals surface area contributed by atoms with E-state index in [1.54, 1.807) is 0 Å². The molecule has 21 heavy (non-hydrogen) atoms. The van der Waals surface area contributed by atoms with Gasteiger partial charge in [-0.1, -0.05) is 22.9 Å². The lowest BCUT2D eigenvalue weighted by Crippen LogP contribution is -2.13. The minimum atomic E-state index is -4.00. The largest absolute Gasteiger partial charge is 0.478 e. The molecule has 10 heteroatoms. The van der Waals surface area contributed by atoms with E-state index < -0.39 is 20.9 Å². The van der Waals surface area contributed by atoms with Gasteiger partial charge >= 0.3 is 10.8 Å². The van der Waals surface area contributed by atoms with E-state index in [1.807, 2.05) is 0 Å². The zero-order valence-corrected chi connectivity index (χ0v) is 12.9. The molecule has 1 heterocycles.